The first-order valence-corrected chi connectivity index (χ1v) is 8.82. The van der Waals surface area contributed by atoms with Gasteiger partial charge in [-0.2, -0.15) is 0 Å². The van der Waals surface area contributed by atoms with Gasteiger partial charge in [0, 0.05) is 27.4 Å². The Bertz CT molecular complexity index is 582. The number of thiocarbonyl (C=S) groups is 1. The van der Waals surface area contributed by atoms with E-state index in [1.54, 1.807) is 0 Å². The first-order valence-electron chi connectivity index (χ1n) is 6.63. The van der Waals surface area contributed by atoms with Crippen molar-refractivity contribution in [1.29, 1.82) is 0 Å². The van der Waals surface area contributed by atoms with Crippen molar-refractivity contribution in [2.45, 2.75) is 11.8 Å². The van der Waals surface area contributed by atoms with Crippen molar-refractivity contribution in [3.05, 3.63) is 58.6 Å². The molecule has 0 fully saturated rings. The molecule has 21 heavy (non-hydrogen) atoms. The van der Waals surface area contributed by atoms with Crippen LogP contribution in [0.25, 0.3) is 0 Å². The summed E-state index contributed by atoms with van der Waals surface area (Å²) in [6.45, 7) is 2.90. The van der Waals surface area contributed by atoms with E-state index in [4.69, 9.17) is 12.2 Å². The number of halogens is 1. The van der Waals surface area contributed by atoms with Gasteiger partial charge < -0.3 is 10.6 Å². The minimum Gasteiger partial charge on any atom is -0.362 e. The smallest absolute Gasteiger partial charge is 0.170 e. The lowest BCUT2D eigenvalue weighted by Gasteiger charge is -2.10. The number of hydrogen-bond donors (Lipinski definition) is 2. The monoisotopic (exact) mass is 380 g/mol. The molecule has 0 heterocycles. The summed E-state index contributed by atoms with van der Waals surface area (Å²) < 4.78 is 1.11. The van der Waals surface area contributed by atoms with Crippen LogP contribution in [0.2, 0.25) is 0 Å². The Hall–Kier alpha value is -1.04. The first kappa shape index (κ1) is 16.3. The Morgan fingerprint density at radius 1 is 1.10 bits per heavy atom. The summed E-state index contributed by atoms with van der Waals surface area (Å²) in [5, 5.41) is 7.06. The van der Waals surface area contributed by atoms with E-state index >= 15 is 0 Å². The number of nitrogens with one attached hydrogen (secondary N) is 2. The fourth-order valence-electron chi connectivity index (χ4n) is 1.68. The second kappa shape index (κ2) is 8.41. The van der Waals surface area contributed by atoms with Gasteiger partial charge in [0.2, 0.25) is 0 Å². The number of rotatable bonds is 5. The summed E-state index contributed by atoms with van der Waals surface area (Å²) in [5.74, 6) is 0.970. The van der Waals surface area contributed by atoms with Crippen LogP contribution in [0.3, 0.4) is 0 Å². The summed E-state index contributed by atoms with van der Waals surface area (Å²) in [6.07, 6.45) is 0. The highest BCUT2D eigenvalue weighted by atomic mass is 79.9. The van der Waals surface area contributed by atoms with E-state index in [0.717, 1.165) is 22.5 Å². The molecule has 0 amide bonds. The van der Waals surface area contributed by atoms with Gasteiger partial charge >= 0.3 is 0 Å². The fraction of sp³-hybridized carbons (Fsp3) is 0.188. The molecule has 0 radical (unpaired) electrons. The Labute approximate surface area is 143 Å². The Kier molecular flexibility index (Phi) is 6.54. The lowest BCUT2D eigenvalue weighted by atomic mass is 10.2. The predicted molar refractivity (Wildman–Crippen MR) is 100 cm³/mol. The molecule has 0 spiro atoms. The van der Waals surface area contributed by atoms with Crippen LogP contribution < -0.4 is 10.6 Å². The van der Waals surface area contributed by atoms with Crippen LogP contribution in [-0.2, 0) is 0 Å². The van der Waals surface area contributed by atoms with Gasteiger partial charge in [-0.1, -0.05) is 33.6 Å². The highest BCUT2D eigenvalue weighted by molar-refractivity contribution is 9.10. The molecule has 0 aliphatic heterocycles. The van der Waals surface area contributed by atoms with Crippen molar-refractivity contribution in [3.63, 3.8) is 0 Å². The third kappa shape index (κ3) is 6.08. The maximum atomic E-state index is 5.28. The van der Waals surface area contributed by atoms with E-state index in [0.29, 0.717) is 5.11 Å². The largest absolute Gasteiger partial charge is 0.362 e. The van der Waals surface area contributed by atoms with Gasteiger partial charge in [0.15, 0.2) is 5.11 Å². The van der Waals surface area contributed by atoms with Crippen LogP contribution in [0.1, 0.15) is 5.56 Å². The van der Waals surface area contributed by atoms with E-state index in [2.05, 4.69) is 69.9 Å². The molecule has 0 aliphatic carbocycles. The first-order chi connectivity index (χ1) is 10.1. The fourth-order valence-corrected chi connectivity index (χ4v) is 2.93. The van der Waals surface area contributed by atoms with Gasteiger partial charge in [0.1, 0.15) is 0 Å². The Morgan fingerprint density at radius 3 is 2.43 bits per heavy atom. The molecule has 110 valence electrons. The molecule has 0 bridgehead atoms. The highest BCUT2D eigenvalue weighted by Crippen LogP contribution is 2.19. The van der Waals surface area contributed by atoms with Crippen molar-refractivity contribution in [2.24, 2.45) is 0 Å². The molecule has 0 saturated carbocycles. The summed E-state index contributed by atoms with van der Waals surface area (Å²) in [7, 11) is 0. The van der Waals surface area contributed by atoms with Crippen LogP contribution in [0.15, 0.2) is 57.9 Å². The molecule has 2 aromatic carbocycles. The Morgan fingerprint density at radius 2 is 1.76 bits per heavy atom. The molecule has 0 unspecified atom stereocenters. The molecule has 0 atom stereocenters. The van der Waals surface area contributed by atoms with Crippen molar-refractivity contribution in [1.82, 2.24) is 5.32 Å². The number of benzene rings is 2. The van der Waals surface area contributed by atoms with Gasteiger partial charge in [-0.3, -0.25) is 0 Å². The summed E-state index contributed by atoms with van der Waals surface area (Å²) >= 11 is 10.5. The van der Waals surface area contributed by atoms with E-state index in [9.17, 15) is 0 Å². The average Bonchev–Trinajstić information content (AvgIpc) is 2.48. The minimum absolute atomic E-state index is 0.662. The minimum atomic E-state index is 0.662. The standard InChI is InChI=1S/C16H17BrN2S2/c1-12-2-6-14(7-3-12)19-16(20)18-10-11-21-15-8-4-13(17)5-9-15/h2-9H,10-11H2,1H3,(H2,18,19,20). The number of anilines is 1. The third-order valence-corrected chi connectivity index (χ3v) is 4.57. The van der Waals surface area contributed by atoms with Gasteiger partial charge in [-0.15, -0.1) is 11.8 Å². The van der Waals surface area contributed by atoms with Gasteiger partial charge in [0.25, 0.3) is 0 Å². The molecule has 2 rings (SSSR count). The van der Waals surface area contributed by atoms with Gasteiger partial charge in [0.05, 0.1) is 0 Å². The van der Waals surface area contributed by atoms with Crippen molar-refractivity contribution in [3.8, 4) is 0 Å². The summed E-state index contributed by atoms with van der Waals surface area (Å²) in [5.41, 5.74) is 2.25. The SMILES string of the molecule is Cc1ccc(NC(=S)NCCSc2ccc(Br)cc2)cc1. The molecule has 0 aliphatic rings. The molecule has 2 nitrogen and oxygen atoms in total. The highest BCUT2D eigenvalue weighted by Gasteiger charge is 1.98. The van der Waals surface area contributed by atoms with Crippen molar-refractivity contribution in [2.75, 3.05) is 17.6 Å². The quantitative estimate of drug-likeness (QED) is 0.440. The van der Waals surface area contributed by atoms with Crippen molar-refractivity contribution >= 4 is 50.7 Å². The van der Waals surface area contributed by atoms with Gasteiger partial charge in [-0.05, 0) is 55.5 Å². The number of aryl methyl sites for hydroxylation is 1. The molecule has 0 saturated heterocycles. The molecule has 0 aromatic heterocycles. The predicted octanol–water partition coefficient (Wildman–Crippen LogP) is 4.84. The summed E-state index contributed by atoms with van der Waals surface area (Å²) in [6, 6.07) is 16.5. The van der Waals surface area contributed by atoms with E-state index in [1.807, 2.05) is 23.9 Å². The third-order valence-electron chi connectivity index (χ3n) is 2.78. The maximum absolute atomic E-state index is 5.28. The molecule has 2 aromatic rings. The zero-order chi connectivity index (χ0) is 15.1. The van der Waals surface area contributed by atoms with E-state index < -0.39 is 0 Å². The zero-order valence-corrected chi connectivity index (χ0v) is 14.9. The second-order valence-corrected chi connectivity index (χ2v) is 7.04. The number of thioether (sulfide) groups is 1. The van der Waals surface area contributed by atoms with Gasteiger partial charge in [-0.25, -0.2) is 0 Å². The lowest BCUT2D eigenvalue weighted by Crippen LogP contribution is -2.30. The average molecular weight is 381 g/mol. The van der Waals surface area contributed by atoms with Crippen molar-refractivity contribution < 1.29 is 0 Å². The van der Waals surface area contributed by atoms with Crippen LogP contribution >= 0.6 is 39.9 Å². The summed E-state index contributed by atoms with van der Waals surface area (Å²) in [4.78, 5) is 1.26. The van der Waals surface area contributed by atoms with E-state index in [-0.39, 0.29) is 0 Å². The Balaban J connectivity index is 1.67. The second-order valence-electron chi connectivity index (χ2n) is 4.55. The maximum Gasteiger partial charge on any atom is 0.170 e. The number of hydrogen-bond acceptors (Lipinski definition) is 2. The van der Waals surface area contributed by atoms with Crippen LogP contribution in [0, 0.1) is 6.92 Å². The zero-order valence-electron chi connectivity index (χ0n) is 11.7. The van der Waals surface area contributed by atoms with E-state index in [1.165, 1.54) is 10.5 Å². The lowest BCUT2D eigenvalue weighted by molar-refractivity contribution is 0.990. The molecule has 2 N–H and O–H groups in total. The topological polar surface area (TPSA) is 24.1 Å². The van der Waals surface area contributed by atoms with Crippen LogP contribution in [-0.4, -0.2) is 17.4 Å². The van der Waals surface area contributed by atoms with Crippen LogP contribution in [0.5, 0.6) is 0 Å². The molecule has 5 heteroatoms. The molecular formula is C16H17BrN2S2. The normalized spacial score (nSPS) is 10.2. The molecular weight excluding hydrogens is 364 g/mol. The van der Waals surface area contributed by atoms with Crippen LogP contribution in [0.4, 0.5) is 5.69 Å².